The number of aryl methyl sites for hydroxylation is 2. The van der Waals surface area contributed by atoms with E-state index in [2.05, 4.69) is 37.6 Å². The first-order chi connectivity index (χ1) is 15.2. The monoisotopic (exact) mass is 435 g/mol. The first-order valence-corrected chi connectivity index (χ1v) is 11.5. The summed E-state index contributed by atoms with van der Waals surface area (Å²) in [5.74, 6) is -0.00604. The highest BCUT2D eigenvalue weighted by Gasteiger charge is 2.37. The topological polar surface area (TPSA) is 67.9 Å². The van der Waals surface area contributed by atoms with Gasteiger partial charge in [-0.25, -0.2) is 0 Å². The number of nitrogens with two attached hydrogens (primary N) is 1. The second-order valence-electron chi connectivity index (χ2n) is 9.38. The molecule has 1 aromatic carbocycles. The molecule has 0 radical (unpaired) electrons. The zero-order chi connectivity index (χ0) is 23.6. The summed E-state index contributed by atoms with van der Waals surface area (Å²) in [5.41, 5.74) is 15.2. The minimum Gasteiger partial charge on any atom is -0.404 e. The maximum Gasteiger partial charge on any atom is 0.272 e. The number of rotatable bonds is 5. The van der Waals surface area contributed by atoms with Crippen molar-refractivity contribution in [2.24, 2.45) is 10.7 Å². The van der Waals surface area contributed by atoms with Crippen LogP contribution in [0.5, 0.6) is 0 Å². The lowest BCUT2D eigenvalue weighted by Gasteiger charge is -2.42. The molecule has 3 rings (SSSR count). The summed E-state index contributed by atoms with van der Waals surface area (Å²) in [5, 5.41) is 0. The van der Waals surface area contributed by atoms with Crippen LogP contribution in [0.15, 0.2) is 41.1 Å². The Balaban J connectivity index is 2.09. The van der Waals surface area contributed by atoms with Crippen LogP contribution < -0.4 is 5.73 Å². The number of morpholine rings is 1. The van der Waals surface area contributed by atoms with Gasteiger partial charge in [0, 0.05) is 19.8 Å². The molecule has 0 spiro atoms. The number of hydrogen-bond acceptors (Lipinski definition) is 4. The highest BCUT2D eigenvalue weighted by molar-refractivity contribution is 6.46. The molecule has 0 bridgehead atoms. The van der Waals surface area contributed by atoms with Crippen molar-refractivity contribution < 1.29 is 9.53 Å². The van der Waals surface area contributed by atoms with Crippen LogP contribution in [-0.4, -0.2) is 48.9 Å². The van der Waals surface area contributed by atoms with E-state index in [0.717, 1.165) is 47.1 Å². The van der Waals surface area contributed by atoms with Crippen molar-refractivity contribution in [2.75, 3.05) is 26.8 Å². The molecular weight excluding hydrogens is 398 g/mol. The van der Waals surface area contributed by atoms with Crippen molar-refractivity contribution in [3.8, 4) is 0 Å². The largest absolute Gasteiger partial charge is 0.404 e. The Morgan fingerprint density at radius 1 is 1.34 bits per heavy atom. The van der Waals surface area contributed by atoms with Gasteiger partial charge in [0.15, 0.2) is 0 Å². The van der Waals surface area contributed by atoms with E-state index in [1.165, 1.54) is 16.7 Å². The van der Waals surface area contributed by atoms with Gasteiger partial charge in [-0.05, 0) is 97.6 Å². The molecular formula is C27H37N3O2. The summed E-state index contributed by atoms with van der Waals surface area (Å²) in [7, 11) is 1.72. The molecule has 2 aliphatic rings. The second kappa shape index (κ2) is 9.45. The fourth-order valence-corrected chi connectivity index (χ4v) is 4.88. The third-order valence-electron chi connectivity index (χ3n) is 6.73. The molecule has 2 N–H and O–H groups in total. The first-order valence-electron chi connectivity index (χ1n) is 11.5. The number of carbonyl (C=O) groups is 1. The highest BCUT2D eigenvalue weighted by Crippen LogP contribution is 2.37. The van der Waals surface area contributed by atoms with E-state index in [-0.39, 0.29) is 11.4 Å². The smallest absolute Gasteiger partial charge is 0.272 e. The molecule has 1 heterocycles. The first kappa shape index (κ1) is 24.0. The Labute approximate surface area is 192 Å². The number of allylic oxidation sites excluding steroid dienone is 3. The zero-order valence-electron chi connectivity index (χ0n) is 20.5. The predicted octanol–water partition coefficient (Wildman–Crippen LogP) is 4.55. The van der Waals surface area contributed by atoms with E-state index in [1.807, 2.05) is 25.7 Å². The van der Waals surface area contributed by atoms with Crippen LogP contribution >= 0.6 is 0 Å². The van der Waals surface area contributed by atoms with Crippen molar-refractivity contribution >= 4 is 22.8 Å². The van der Waals surface area contributed by atoms with Gasteiger partial charge < -0.3 is 15.4 Å². The maximum absolute atomic E-state index is 13.6. The van der Waals surface area contributed by atoms with E-state index in [9.17, 15) is 4.79 Å². The molecule has 5 heteroatoms. The molecule has 1 aromatic rings. The van der Waals surface area contributed by atoms with Crippen molar-refractivity contribution in [1.29, 1.82) is 0 Å². The summed E-state index contributed by atoms with van der Waals surface area (Å²) >= 11 is 0. The molecule has 5 nitrogen and oxygen atoms in total. The van der Waals surface area contributed by atoms with E-state index < -0.39 is 0 Å². The quantitative estimate of drug-likeness (QED) is 0.545. The number of ether oxygens (including phenoxy) is 1. The van der Waals surface area contributed by atoms with Crippen LogP contribution in [-0.2, 0) is 22.4 Å². The third kappa shape index (κ3) is 4.31. The van der Waals surface area contributed by atoms with Crippen molar-refractivity contribution in [3.05, 3.63) is 58.3 Å². The summed E-state index contributed by atoms with van der Waals surface area (Å²) in [4.78, 5) is 20.0. The van der Waals surface area contributed by atoms with E-state index >= 15 is 0 Å². The molecule has 1 aliphatic heterocycles. The molecule has 1 amide bonds. The molecule has 1 aliphatic carbocycles. The van der Waals surface area contributed by atoms with Crippen LogP contribution in [0.25, 0.3) is 11.1 Å². The number of aliphatic imine (C=N–C) groups is 1. The average Bonchev–Trinajstić information content (AvgIpc) is 2.75. The number of fused-ring (bicyclic) bond motifs is 1. The Hall–Kier alpha value is -2.66. The SMILES string of the molecule is C=C(C)/C(=C\N)c1cc2c(cc1CC)CCC(/C(=N\C)C(=O)N1CCOCC1(C)C)=C2C. The Morgan fingerprint density at radius 3 is 2.62 bits per heavy atom. The standard InChI is InChI=1S/C27H37N3O2/c1-8-19-13-20-9-10-21(18(4)22(20)14-23(19)24(15-28)17(2)3)25(29-7)26(31)30-11-12-32-16-27(30,5)6/h13-15H,2,8-12,16,28H2,1,3-7H3/b24-15+,29-25+. The molecule has 0 saturated carbocycles. The summed E-state index contributed by atoms with van der Waals surface area (Å²) in [6, 6.07) is 4.53. The van der Waals surface area contributed by atoms with Crippen LogP contribution in [0.4, 0.5) is 0 Å². The van der Waals surface area contributed by atoms with Crippen LogP contribution in [0.2, 0.25) is 0 Å². The van der Waals surface area contributed by atoms with Gasteiger partial charge in [0.2, 0.25) is 0 Å². The van der Waals surface area contributed by atoms with Crippen LogP contribution in [0.3, 0.4) is 0 Å². The molecule has 1 saturated heterocycles. The Bertz CT molecular complexity index is 1030. The van der Waals surface area contributed by atoms with Gasteiger partial charge in [0.05, 0.1) is 18.8 Å². The lowest BCUT2D eigenvalue weighted by Crippen LogP contribution is -2.57. The molecule has 1 fully saturated rings. The second-order valence-corrected chi connectivity index (χ2v) is 9.38. The van der Waals surface area contributed by atoms with Gasteiger partial charge >= 0.3 is 0 Å². The van der Waals surface area contributed by atoms with Gasteiger partial charge in [-0.2, -0.15) is 0 Å². The Morgan fingerprint density at radius 2 is 2.06 bits per heavy atom. The maximum atomic E-state index is 13.6. The molecule has 172 valence electrons. The zero-order valence-corrected chi connectivity index (χ0v) is 20.5. The third-order valence-corrected chi connectivity index (χ3v) is 6.73. The Kier molecular flexibility index (Phi) is 7.09. The number of hydrogen-bond donors (Lipinski definition) is 1. The lowest BCUT2D eigenvalue weighted by atomic mass is 9.80. The fourth-order valence-electron chi connectivity index (χ4n) is 4.88. The van der Waals surface area contributed by atoms with Crippen LogP contribution in [0.1, 0.15) is 63.3 Å². The van der Waals surface area contributed by atoms with Gasteiger partial charge in [-0.1, -0.05) is 19.6 Å². The van der Waals surface area contributed by atoms with Crippen molar-refractivity contribution in [3.63, 3.8) is 0 Å². The normalized spacial score (nSPS) is 19.1. The van der Waals surface area contributed by atoms with Crippen LogP contribution in [0, 0.1) is 0 Å². The summed E-state index contributed by atoms with van der Waals surface area (Å²) < 4.78 is 5.61. The summed E-state index contributed by atoms with van der Waals surface area (Å²) in [6.07, 6.45) is 4.28. The molecule has 0 atom stereocenters. The average molecular weight is 436 g/mol. The fraction of sp³-hybridized carbons (Fsp3) is 0.481. The van der Waals surface area contributed by atoms with E-state index in [1.54, 1.807) is 13.2 Å². The minimum absolute atomic E-state index is 0.00604. The number of carbonyl (C=O) groups excluding carboxylic acids is 1. The van der Waals surface area contributed by atoms with Gasteiger partial charge in [-0.3, -0.25) is 9.79 Å². The highest BCUT2D eigenvalue weighted by atomic mass is 16.5. The van der Waals surface area contributed by atoms with Gasteiger partial charge in [-0.15, -0.1) is 0 Å². The number of benzene rings is 1. The molecule has 0 aromatic heterocycles. The molecule has 32 heavy (non-hydrogen) atoms. The van der Waals surface area contributed by atoms with E-state index in [0.29, 0.717) is 25.5 Å². The number of amides is 1. The lowest BCUT2D eigenvalue weighted by molar-refractivity contribution is -0.138. The van der Waals surface area contributed by atoms with E-state index in [4.69, 9.17) is 10.5 Å². The van der Waals surface area contributed by atoms with Gasteiger partial charge in [0.1, 0.15) is 5.71 Å². The van der Waals surface area contributed by atoms with Crippen molar-refractivity contribution in [1.82, 2.24) is 4.90 Å². The predicted molar refractivity (Wildman–Crippen MR) is 134 cm³/mol. The molecule has 0 unspecified atom stereocenters. The summed E-state index contributed by atoms with van der Waals surface area (Å²) in [6.45, 7) is 16.1. The minimum atomic E-state index is -0.349. The number of nitrogens with zero attached hydrogens (tertiary/aromatic N) is 2. The van der Waals surface area contributed by atoms with Gasteiger partial charge in [0.25, 0.3) is 5.91 Å². The van der Waals surface area contributed by atoms with Crippen molar-refractivity contribution in [2.45, 2.75) is 59.4 Å².